The lowest BCUT2D eigenvalue weighted by Crippen LogP contribution is -2.33. The number of carbonyl (C=O) groups excluding carboxylic acids is 1. The second kappa shape index (κ2) is 11.3. The van der Waals surface area contributed by atoms with Crippen LogP contribution in [0.1, 0.15) is 58.3 Å². The molecule has 2 N–H and O–H groups in total. The van der Waals surface area contributed by atoms with E-state index in [1.54, 1.807) is 0 Å². The normalized spacial score (nSPS) is 21.3. The van der Waals surface area contributed by atoms with Crippen molar-refractivity contribution in [1.82, 2.24) is 10.6 Å². The van der Waals surface area contributed by atoms with Crippen molar-refractivity contribution in [1.29, 1.82) is 0 Å². The zero-order chi connectivity index (χ0) is 14.9. The molecule has 1 saturated carbocycles. The van der Waals surface area contributed by atoms with Crippen LogP contribution in [0.3, 0.4) is 0 Å². The summed E-state index contributed by atoms with van der Waals surface area (Å²) in [6.45, 7) is 5.97. The maximum atomic E-state index is 11.9. The van der Waals surface area contributed by atoms with Crippen molar-refractivity contribution in [2.45, 2.75) is 64.4 Å². The van der Waals surface area contributed by atoms with E-state index in [-0.39, 0.29) is 18.3 Å². The van der Waals surface area contributed by atoms with Crippen molar-refractivity contribution < 1.29 is 9.53 Å². The number of hydrogen-bond donors (Lipinski definition) is 2. The summed E-state index contributed by atoms with van der Waals surface area (Å²) in [4.78, 5) is 11.9. The van der Waals surface area contributed by atoms with Crippen molar-refractivity contribution in [2.24, 2.45) is 11.8 Å². The van der Waals surface area contributed by atoms with Gasteiger partial charge < -0.3 is 15.4 Å². The van der Waals surface area contributed by atoms with Crippen LogP contribution in [0.15, 0.2) is 0 Å². The van der Waals surface area contributed by atoms with E-state index in [0.717, 1.165) is 32.7 Å². The second-order valence-corrected chi connectivity index (χ2v) is 6.75. The fraction of sp³-hybridized carbons (Fsp3) is 0.941. The molecule has 2 aliphatic rings. The van der Waals surface area contributed by atoms with Gasteiger partial charge in [-0.25, -0.2) is 0 Å². The number of nitrogens with one attached hydrogen (secondary N) is 2. The SMILES string of the molecule is CC(CC(=O)NCCCOC1CCCC1)C1CCNCC1.Cl. The maximum Gasteiger partial charge on any atom is 0.220 e. The summed E-state index contributed by atoms with van der Waals surface area (Å²) in [5.74, 6) is 1.42. The van der Waals surface area contributed by atoms with Gasteiger partial charge in [-0.3, -0.25) is 4.79 Å². The molecule has 1 atom stereocenters. The molecule has 5 heteroatoms. The van der Waals surface area contributed by atoms with Gasteiger partial charge in [-0.1, -0.05) is 19.8 Å². The zero-order valence-electron chi connectivity index (χ0n) is 13.9. The molecule has 0 aromatic carbocycles. The Morgan fingerprint density at radius 2 is 1.91 bits per heavy atom. The van der Waals surface area contributed by atoms with Crippen molar-refractivity contribution in [3.63, 3.8) is 0 Å². The number of hydrogen-bond acceptors (Lipinski definition) is 3. The molecule has 0 aromatic heterocycles. The minimum atomic E-state index is 0. The molecule has 1 unspecified atom stereocenters. The minimum Gasteiger partial charge on any atom is -0.378 e. The fourth-order valence-corrected chi connectivity index (χ4v) is 3.55. The fourth-order valence-electron chi connectivity index (χ4n) is 3.55. The Labute approximate surface area is 141 Å². The highest BCUT2D eigenvalue weighted by Gasteiger charge is 2.21. The largest absolute Gasteiger partial charge is 0.378 e. The van der Waals surface area contributed by atoms with E-state index < -0.39 is 0 Å². The van der Waals surface area contributed by atoms with E-state index >= 15 is 0 Å². The zero-order valence-corrected chi connectivity index (χ0v) is 14.8. The van der Waals surface area contributed by atoms with Crippen molar-refractivity contribution >= 4 is 18.3 Å². The van der Waals surface area contributed by atoms with Crippen LogP contribution in [0.2, 0.25) is 0 Å². The van der Waals surface area contributed by atoms with Crippen LogP contribution in [0.25, 0.3) is 0 Å². The van der Waals surface area contributed by atoms with Gasteiger partial charge >= 0.3 is 0 Å². The molecule has 1 aliphatic carbocycles. The van der Waals surface area contributed by atoms with Gasteiger partial charge in [0.1, 0.15) is 0 Å². The Balaban J connectivity index is 0.00000242. The molecular formula is C17H33ClN2O2. The van der Waals surface area contributed by atoms with Crippen LogP contribution < -0.4 is 10.6 Å². The van der Waals surface area contributed by atoms with E-state index in [9.17, 15) is 4.79 Å². The van der Waals surface area contributed by atoms with E-state index in [4.69, 9.17) is 4.74 Å². The van der Waals surface area contributed by atoms with Gasteiger partial charge in [-0.15, -0.1) is 12.4 Å². The number of amides is 1. The quantitative estimate of drug-likeness (QED) is 0.672. The molecule has 0 radical (unpaired) electrons. The standard InChI is InChI=1S/C17H32N2O2.ClH/c1-14(15-7-10-18-11-8-15)13-17(20)19-9-4-12-21-16-5-2-3-6-16;/h14-16,18H,2-13H2,1H3,(H,19,20);1H. The third-order valence-electron chi connectivity index (χ3n) is 4.99. The molecular weight excluding hydrogens is 300 g/mol. The van der Waals surface area contributed by atoms with Crippen molar-refractivity contribution in [2.75, 3.05) is 26.2 Å². The minimum absolute atomic E-state index is 0. The molecule has 0 spiro atoms. The Morgan fingerprint density at radius 1 is 1.23 bits per heavy atom. The molecule has 2 fully saturated rings. The summed E-state index contributed by atoms with van der Waals surface area (Å²) in [5, 5.41) is 6.42. The monoisotopic (exact) mass is 332 g/mol. The molecule has 1 aliphatic heterocycles. The lowest BCUT2D eigenvalue weighted by Gasteiger charge is -2.27. The molecule has 0 aromatic rings. The topological polar surface area (TPSA) is 50.4 Å². The molecule has 1 amide bonds. The Kier molecular flexibility index (Phi) is 10.1. The first-order valence-electron chi connectivity index (χ1n) is 8.84. The summed E-state index contributed by atoms with van der Waals surface area (Å²) < 4.78 is 5.80. The van der Waals surface area contributed by atoms with Crippen molar-refractivity contribution in [3.05, 3.63) is 0 Å². The predicted molar refractivity (Wildman–Crippen MR) is 92.5 cm³/mol. The summed E-state index contributed by atoms with van der Waals surface area (Å²) >= 11 is 0. The van der Waals surface area contributed by atoms with Crippen LogP contribution >= 0.6 is 12.4 Å². The Hall–Kier alpha value is -0.320. The number of rotatable bonds is 8. The smallest absolute Gasteiger partial charge is 0.220 e. The van der Waals surface area contributed by atoms with Crippen LogP contribution in [0, 0.1) is 11.8 Å². The van der Waals surface area contributed by atoms with Gasteiger partial charge in [0.05, 0.1) is 6.10 Å². The number of carbonyl (C=O) groups is 1. The first-order chi connectivity index (χ1) is 10.3. The molecule has 2 rings (SSSR count). The first-order valence-corrected chi connectivity index (χ1v) is 8.84. The van der Waals surface area contributed by atoms with E-state index in [0.29, 0.717) is 24.4 Å². The van der Waals surface area contributed by atoms with Gasteiger partial charge in [-0.2, -0.15) is 0 Å². The molecule has 0 bridgehead atoms. The number of ether oxygens (including phenoxy) is 1. The van der Waals surface area contributed by atoms with Gasteiger partial charge in [0.2, 0.25) is 5.91 Å². The van der Waals surface area contributed by atoms with Gasteiger partial charge in [0.25, 0.3) is 0 Å². The molecule has 22 heavy (non-hydrogen) atoms. The van der Waals surface area contributed by atoms with Crippen LogP contribution in [0.5, 0.6) is 0 Å². The van der Waals surface area contributed by atoms with Gasteiger partial charge in [-0.05, 0) is 57.0 Å². The van der Waals surface area contributed by atoms with Crippen molar-refractivity contribution in [3.8, 4) is 0 Å². The molecule has 1 saturated heterocycles. The molecule has 130 valence electrons. The third-order valence-corrected chi connectivity index (χ3v) is 4.99. The van der Waals surface area contributed by atoms with Gasteiger partial charge in [0.15, 0.2) is 0 Å². The average Bonchev–Trinajstić information content (AvgIpc) is 3.01. The summed E-state index contributed by atoms with van der Waals surface area (Å²) in [6.07, 6.45) is 9.60. The third kappa shape index (κ3) is 7.30. The second-order valence-electron chi connectivity index (χ2n) is 6.75. The first kappa shape index (κ1) is 19.7. The number of halogens is 1. The van der Waals surface area contributed by atoms with E-state index in [2.05, 4.69) is 17.6 Å². The Bertz CT molecular complexity index is 303. The lowest BCUT2D eigenvalue weighted by molar-refractivity contribution is -0.122. The average molecular weight is 333 g/mol. The van der Waals surface area contributed by atoms with Gasteiger partial charge in [0, 0.05) is 19.6 Å². The highest BCUT2D eigenvalue weighted by molar-refractivity contribution is 5.85. The summed E-state index contributed by atoms with van der Waals surface area (Å²) in [6, 6.07) is 0. The Morgan fingerprint density at radius 3 is 2.59 bits per heavy atom. The highest BCUT2D eigenvalue weighted by Crippen LogP contribution is 2.24. The molecule has 1 heterocycles. The highest BCUT2D eigenvalue weighted by atomic mass is 35.5. The predicted octanol–water partition coefficient (Wildman–Crippen LogP) is 2.90. The molecule has 4 nitrogen and oxygen atoms in total. The van der Waals surface area contributed by atoms with Crippen LogP contribution in [-0.2, 0) is 9.53 Å². The maximum absolute atomic E-state index is 11.9. The van der Waals surface area contributed by atoms with E-state index in [1.165, 1.54) is 38.5 Å². The summed E-state index contributed by atoms with van der Waals surface area (Å²) in [7, 11) is 0. The lowest BCUT2D eigenvalue weighted by atomic mass is 9.84. The number of piperidine rings is 1. The van der Waals surface area contributed by atoms with Crippen LogP contribution in [-0.4, -0.2) is 38.3 Å². The summed E-state index contributed by atoms with van der Waals surface area (Å²) in [5.41, 5.74) is 0. The van der Waals surface area contributed by atoms with Crippen LogP contribution in [0.4, 0.5) is 0 Å². The van der Waals surface area contributed by atoms with E-state index in [1.807, 2.05) is 0 Å².